The summed E-state index contributed by atoms with van der Waals surface area (Å²) in [6.07, 6.45) is -1.33. The molecule has 1 aliphatic rings. The Morgan fingerprint density at radius 1 is 1.12 bits per heavy atom. The van der Waals surface area contributed by atoms with E-state index in [0.717, 1.165) is 12.5 Å². The van der Waals surface area contributed by atoms with Crippen LogP contribution in [0.1, 0.15) is 65.4 Å². The summed E-state index contributed by atoms with van der Waals surface area (Å²) in [7, 11) is 0. The van der Waals surface area contributed by atoms with Crippen LogP contribution in [-0.4, -0.2) is 89.2 Å². The second-order valence-corrected chi connectivity index (χ2v) is 11.6. The first-order valence-electron chi connectivity index (χ1n) is 14.3. The lowest BCUT2D eigenvalue weighted by Crippen LogP contribution is -2.59. The molecule has 0 bridgehead atoms. The third-order valence-electron chi connectivity index (χ3n) is 6.79. The number of amides is 4. The summed E-state index contributed by atoms with van der Waals surface area (Å²) in [6, 6.07) is 5.63. The zero-order valence-electron chi connectivity index (χ0n) is 24.8. The maximum absolute atomic E-state index is 14.8. The minimum Gasteiger partial charge on any atom is -0.444 e. The second-order valence-electron chi connectivity index (χ2n) is 11.6. The van der Waals surface area contributed by atoms with E-state index in [1.807, 2.05) is 11.4 Å². The zero-order valence-corrected chi connectivity index (χ0v) is 24.8. The van der Waals surface area contributed by atoms with Crippen LogP contribution in [0.5, 0.6) is 0 Å². The van der Waals surface area contributed by atoms with E-state index >= 15 is 0 Å². The minimum absolute atomic E-state index is 0.0112. The van der Waals surface area contributed by atoms with Crippen LogP contribution in [-0.2, 0) is 25.5 Å². The van der Waals surface area contributed by atoms with Gasteiger partial charge in [0.25, 0.3) is 5.92 Å². The van der Waals surface area contributed by atoms with Gasteiger partial charge in [0.1, 0.15) is 23.8 Å². The van der Waals surface area contributed by atoms with Crippen molar-refractivity contribution >= 4 is 23.8 Å². The first-order chi connectivity index (χ1) is 19.6. The molecule has 42 heavy (non-hydrogen) atoms. The van der Waals surface area contributed by atoms with Crippen LogP contribution in [0.25, 0.3) is 0 Å². The van der Waals surface area contributed by atoms with Gasteiger partial charge in [0.05, 0.1) is 12.6 Å². The molecule has 1 saturated heterocycles. The molecule has 236 valence electrons. The number of nitrogens with two attached hydrogens (primary N) is 1. The first-order valence-corrected chi connectivity index (χ1v) is 14.3. The molecule has 4 amide bonds. The number of halogens is 2. The van der Waals surface area contributed by atoms with Crippen molar-refractivity contribution in [2.45, 2.75) is 102 Å². The molecule has 0 aromatic heterocycles. The topological polar surface area (TPSA) is 163 Å². The maximum Gasteiger partial charge on any atom is 0.408 e. The van der Waals surface area contributed by atoms with Crippen LogP contribution >= 0.6 is 0 Å². The van der Waals surface area contributed by atoms with Crippen molar-refractivity contribution in [3.05, 3.63) is 35.9 Å². The van der Waals surface area contributed by atoms with Gasteiger partial charge < -0.3 is 36.4 Å². The molecule has 1 aromatic rings. The number of hydrogen-bond donors (Lipinski definition) is 5. The van der Waals surface area contributed by atoms with Gasteiger partial charge in [0, 0.05) is 19.9 Å². The molecule has 1 aromatic carbocycles. The van der Waals surface area contributed by atoms with E-state index < -0.39 is 66.1 Å². The molecular weight excluding hydrogens is 552 g/mol. The number of nitrogens with one attached hydrogen (secondary N) is 3. The van der Waals surface area contributed by atoms with Crippen molar-refractivity contribution in [3.8, 4) is 0 Å². The van der Waals surface area contributed by atoms with E-state index in [4.69, 9.17) is 10.5 Å². The van der Waals surface area contributed by atoms with Gasteiger partial charge >= 0.3 is 6.09 Å². The fourth-order valence-electron chi connectivity index (χ4n) is 4.74. The maximum atomic E-state index is 14.8. The molecule has 13 heteroatoms. The number of nitrogens with zero attached hydrogens (tertiary/aromatic N) is 1. The molecule has 0 aliphatic carbocycles. The van der Waals surface area contributed by atoms with Gasteiger partial charge in [-0.25, -0.2) is 13.6 Å². The summed E-state index contributed by atoms with van der Waals surface area (Å²) in [4.78, 5) is 52.3. The molecule has 1 aliphatic heterocycles. The molecule has 6 N–H and O–H groups in total. The predicted molar refractivity (Wildman–Crippen MR) is 153 cm³/mol. The Morgan fingerprint density at radius 3 is 2.38 bits per heavy atom. The normalized spacial score (nSPS) is 17.6. The van der Waals surface area contributed by atoms with Crippen LogP contribution in [0.15, 0.2) is 30.3 Å². The summed E-state index contributed by atoms with van der Waals surface area (Å²) in [5.41, 5.74) is 5.50. The third-order valence-corrected chi connectivity index (χ3v) is 6.79. The Morgan fingerprint density at radius 2 is 1.79 bits per heavy atom. The van der Waals surface area contributed by atoms with Crippen LogP contribution in [0.3, 0.4) is 0 Å². The standard InChI is InChI=1S/C29H45F2N5O6/c1-19(37)33-18-29(30,31)24(38)21(13-8-9-15-32)34-25(39)23-14-10-16-36(23)26(40)22(17-20-11-6-5-7-12-20)35-27(41)42-28(2,3)4/h5-7,11-12,21-24,38H,8-10,13-18,32H2,1-4H3,(H,33,37)(H,34,39)(H,35,41)/t21?,22-,23+,24?/m1/s1. The van der Waals surface area contributed by atoms with E-state index in [-0.39, 0.29) is 25.8 Å². The van der Waals surface area contributed by atoms with Crippen molar-refractivity contribution in [1.29, 1.82) is 0 Å². The summed E-state index contributed by atoms with van der Waals surface area (Å²) < 4.78 is 34.9. The highest BCUT2D eigenvalue weighted by Gasteiger charge is 2.45. The number of rotatable bonds is 14. The molecule has 4 atom stereocenters. The number of aliphatic hydroxyl groups excluding tert-OH is 1. The number of likely N-dealkylation sites (tertiary alicyclic amines) is 1. The third kappa shape index (κ3) is 11.2. The Kier molecular flexibility index (Phi) is 13.1. The Hall–Kier alpha value is -3.32. The van der Waals surface area contributed by atoms with Crippen LogP contribution < -0.4 is 21.7 Å². The summed E-state index contributed by atoms with van der Waals surface area (Å²) >= 11 is 0. The lowest BCUT2D eigenvalue weighted by Gasteiger charge is -2.33. The second kappa shape index (κ2) is 15.8. The summed E-state index contributed by atoms with van der Waals surface area (Å²) in [5.74, 6) is -5.62. The number of alkyl carbamates (subject to hydrolysis) is 1. The van der Waals surface area contributed by atoms with E-state index in [9.17, 15) is 33.1 Å². The number of carbonyl (C=O) groups excluding carboxylic acids is 4. The van der Waals surface area contributed by atoms with Crippen molar-refractivity contribution in [2.75, 3.05) is 19.6 Å². The number of alkyl halides is 2. The fraction of sp³-hybridized carbons (Fsp3) is 0.655. The highest BCUT2D eigenvalue weighted by Crippen LogP contribution is 2.25. The number of unbranched alkanes of at least 4 members (excludes halogenated alkanes) is 1. The van der Waals surface area contributed by atoms with Gasteiger partial charge in [-0.05, 0) is 58.6 Å². The summed E-state index contributed by atoms with van der Waals surface area (Å²) in [5, 5.41) is 17.7. The first kappa shape index (κ1) is 34.9. The molecule has 0 saturated carbocycles. The monoisotopic (exact) mass is 597 g/mol. The van der Waals surface area contributed by atoms with E-state index in [2.05, 4.69) is 10.6 Å². The van der Waals surface area contributed by atoms with Crippen LogP contribution in [0.4, 0.5) is 13.6 Å². The number of aliphatic hydroxyl groups is 1. The quantitative estimate of drug-likeness (QED) is 0.204. The molecule has 1 fully saturated rings. The molecular formula is C29H45F2N5O6. The average molecular weight is 598 g/mol. The van der Waals surface area contributed by atoms with Crippen molar-refractivity contribution < 1.29 is 37.8 Å². The molecule has 1 heterocycles. The number of hydrogen-bond acceptors (Lipinski definition) is 7. The van der Waals surface area contributed by atoms with Gasteiger partial charge in [-0.15, -0.1) is 0 Å². The van der Waals surface area contributed by atoms with Crippen molar-refractivity contribution in [3.63, 3.8) is 0 Å². The highest BCUT2D eigenvalue weighted by molar-refractivity contribution is 5.92. The smallest absolute Gasteiger partial charge is 0.408 e. The summed E-state index contributed by atoms with van der Waals surface area (Å²) in [6.45, 7) is 5.59. The Labute approximate surface area is 245 Å². The Bertz CT molecular complexity index is 1050. The largest absolute Gasteiger partial charge is 0.444 e. The molecule has 0 spiro atoms. The molecule has 0 radical (unpaired) electrons. The van der Waals surface area contributed by atoms with Gasteiger partial charge in [0.2, 0.25) is 17.7 Å². The van der Waals surface area contributed by atoms with Gasteiger partial charge in [-0.2, -0.15) is 0 Å². The zero-order chi connectivity index (χ0) is 31.5. The molecule has 2 unspecified atom stereocenters. The predicted octanol–water partition coefficient (Wildman–Crippen LogP) is 1.86. The SMILES string of the molecule is CC(=O)NCC(F)(F)C(O)C(CCCCN)NC(=O)[C@@H]1CCCN1C(=O)[C@@H](Cc1ccccc1)NC(=O)OC(C)(C)C. The average Bonchev–Trinajstić information content (AvgIpc) is 3.40. The van der Waals surface area contributed by atoms with Crippen LogP contribution in [0, 0.1) is 0 Å². The lowest BCUT2D eigenvalue weighted by atomic mass is 9.97. The number of benzene rings is 1. The fourth-order valence-corrected chi connectivity index (χ4v) is 4.74. The molecule has 2 rings (SSSR count). The van der Waals surface area contributed by atoms with Gasteiger partial charge in [-0.3, -0.25) is 14.4 Å². The van der Waals surface area contributed by atoms with Gasteiger partial charge in [0.15, 0.2) is 0 Å². The van der Waals surface area contributed by atoms with E-state index in [1.165, 1.54) is 4.90 Å². The van der Waals surface area contributed by atoms with Crippen molar-refractivity contribution in [1.82, 2.24) is 20.9 Å². The molecule has 11 nitrogen and oxygen atoms in total. The van der Waals surface area contributed by atoms with Crippen LogP contribution in [0.2, 0.25) is 0 Å². The highest BCUT2D eigenvalue weighted by atomic mass is 19.3. The minimum atomic E-state index is -3.73. The number of ether oxygens (including phenoxy) is 1. The number of carbonyl (C=O) groups is 4. The van der Waals surface area contributed by atoms with Crippen molar-refractivity contribution in [2.24, 2.45) is 5.73 Å². The Balaban J connectivity index is 2.24. The van der Waals surface area contributed by atoms with Gasteiger partial charge in [-0.1, -0.05) is 36.8 Å². The van der Waals surface area contributed by atoms with E-state index in [0.29, 0.717) is 25.8 Å². The lowest BCUT2D eigenvalue weighted by molar-refractivity contribution is -0.144. The van der Waals surface area contributed by atoms with E-state index in [1.54, 1.807) is 45.0 Å².